The van der Waals surface area contributed by atoms with Crippen LogP contribution in [-0.2, 0) is 33.6 Å². The highest BCUT2D eigenvalue weighted by Gasteiger charge is 2.28. The van der Waals surface area contributed by atoms with E-state index in [2.05, 4.69) is 32.3 Å². The van der Waals surface area contributed by atoms with Crippen LogP contribution < -0.4 is 10.2 Å². The van der Waals surface area contributed by atoms with Crippen molar-refractivity contribution in [1.29, 1.82) is 0 Å². The second kappa shape index (κ2) is 14.8. The predicted molar refractivity (Wildman–Crippen MR) is 141 cm³/mol. The van der Waals surface area contributed by atoms with Crippen molar-refractivity contribution in [3.8, 4) is 5.75 Å². The zero-order chi connectivity index (χ0) is 24.4. The third-order valence-corrected chi connectivity index (χ3v) is 6.19. The van der Waals surface area contributed by atoms with Gasteiger partial charge in [-0.2, -0.15) is 0 Å². The van der Waals surface area contributed by atoms with Gasteiger partial charge in [0.25, 0.3) is 0 Å². The Morgan fingerprint density at radius 1 is 1.21 bits per heavy atom. The highest BCUT2D eigenvalue weighted by Crippen LogP contribution is 2.39. The number of nitrogens with zero attached hydrogens (tertiary/aromatic N) is 1. The van der Waals surface area contributed by atoms with Crippen molar-refractivity contribution < 1.29 is 19.4 Å². The second-order valence-electron chi connectivity index (χ2n) is 9.10. The Balaban J connectivity index is 0.00000578. The van der Waals surface area contributed by atoms with Crippen LogP contribution in [0.5, 0.6) is 5.75 Å². The van der Waals surface area contributed by atoms with E-state index >= 15 is 0 Å². The van der Waals surface area contributed by atoms with Gasteiger partial charge >= 0.3 is 5.97 Å². The SMILES string of the molecule is C=CCc1cc2c(c(CC=C)c1O)CCC(=O)N2CCCCNC(CCC(C)C)C(=O)OC.Cl. The minimum Gasteiger partial charge on any atom is -0.507 e. The molecule has 0 aromatic heterocycles. The number of phenolic OH excluding ortho intramolecular Hbond substituents is 1. The molecule has 0 saturated carbocycles. The Kier molecular flexibility index (Phi) is 13.0. The Morgan fingerprint density at radius 2 is 1.91 bits per heavy atom. The average Bonchev–Trinajstić information content (AvgIpc) is 2.79. The molecule has 0 aliphatic carbocycles. The molecular formula is C27H41ClN2O4. The summed E-state index contributed by atoms with van der Waals surface area (Å²) >= 11 is 0. The number of carbonyl (C=O) groups is 2. The number of allylic oxidation sites excluding steroid dienone is 2. The number of ether oxygens (including phenoxy) is 1. The number of aromatic hydroxyl groups is 1. The summed E-state index contributed by atoms with van der Waals surface area (Å²) in [7, 11) is 1.42. The van der Waals surface area contributed by atoms with Crippen molar-refractivity contribution in [2.45, 2.75) is 71.3 Å². The number of halogens is 1. The first-order valence-electron chi connectivity index (χ1n) is 12.0. The Morgan fingerprint density at radius 3 is 2.53 bits per heavy atom. The van der Waals surface area contributed by atoms with Crippen LogP contribution in [0.15, 0.2) is 31.4 Å². The molecule has 0 radical (unpaired) electrons. The molecule has 0 saturated heterocycles. The van der Waals surface area contributed by atoms with Gasteiger partial charge in [-0.15, -0.1) is 25.6 Å². The number of hydrogen-bond acceptors (Lipinski definition) is 5. The Labute approximate surface area is 210 Å². The Bertz CT molecular complexity index is 854. The molecule has 2 N–H and O–H groups in total. The van der Waals surface area contributed by atoms with Crippen molar-refractivity contribution in [3.63, 3.8) is 0 Å². The third kappa shape index (κ3) is 7.88. The van der Waals surface area contributed by atoms with E-state index in [-0.39, 0.29) is 30.3 Å². The molecule has 1 atom stereocenters. The quantitative estimate of drug-likeness (QED) is 0.219. The number of nitrogens with one attached hydrogen (secondary N) is 1. The van der Waals surface area contributed by atoms with Crippen LogP contribution in [0, 0.1) is 5.92 Å². The molecule has 1 unspecified atom stereocenters. The number of benzene rings is 1. The highest BCUT2D eigenvalue weighted by molar-refractivity contribution is 5.97. The first-order valence-corrected chi connectivity index (χ1v) is 12.0. The predicted octanol–water partition coefficient (Wildman–Crippen LogP) is 4.90. The number of methoxy groups -OCH3 is 1. The number of anilines is 1. The summed E-state index contributed by atoms with van der Waals surface area (Å²) in [5, 5.41) is 14.1. The van der Waals surface area contributed by atoms with E-state index < -0.39 is 0 Å². The zero-order valence-electron chi connectivity index (χ0n) is 20.9. The molecule has 6 nitrogen and oxygen atoms in total. The van der Waals surface area contributed by atoms with E-state index in [0.29, 0.717) is 50.4 Å². The molecule has 190 valence electrons. The topological polar surface area (TPSA) is 78.9 Å². The normalized spacial score (nSPS) is 13.8. The van der Waals surface area contributed by atoms with Crippen molar-refractivity contribution in [3.05, 3.63) is 48.1 Å². The fourth-order valence-corrected chi connectivity index (χ4v) is 4.37. The lowest BCUT2D eigenvalue weighted by Crippen LogP contribution is -2.39. The summed E-state index contributed by atoms with van der Waals surface area (Å²) in [5.74, 6) is 0.711. The summed E-state index contributed by atoms with van der Waals surface area (Å²) in [6, 6.07) is 1.65. The summed E-state index contributed by atoms with van der Waals surface area (Å²) in [6.07, 6.45) is 9.09. The molecule has 1 heterocycles. The van der Waals surface area contributed by atoms with Crippen molar-refractivity contribution >= 4 is 30.0 Å². The van der Waals surface area contributed by atoms with Crippen molar-refractivity contribution in [2.24, 2.45) is 5.92 Å². The van der Waals surface area contributed by atoms with Gasteiger partial charge in [-0.1, -0.05) is 26.0 Å². The molecule has 34 heavy (non-hydrogen) atoms. The van der Waals surface area contributed by atoms with Gasteiger partial charge < -0.3 is 20.1 Å². The lowest BCUT2D eigenvalue weighted by molar-refractivity contribution is -0.143. The van der Waals surface area contributed by atoms with Gasteiger partial charge in [-0.25, -0.2) is 0 Å². The molecule has 0 bridgehead atoms. The first-order chi connectivity index (χ1) is 15.8. The first kappa shape index (κ1) is 29.7. The smallest absolute Gasteiger partial charge is 0.322 e. The number of amides is 1. The van der Waals surface area contributed by atoms with E-state index in [1.54, 1.807) is 12.2 Å². The number of hydrogen-bond donors (Lipinski definition) is 2. The van der Waals surface area contributed by atoms with Crippen LogP contribution in [0.4, 0.5) is 5.69 Å². The van der Waals surface area contributed by atoms with Crippen LogP contribution in [0.2, 0.25) is 0 Å². The van der Waals surface area contributed by atoms with Crippen LogP contribution in [0.3, 0.4) is 0 Å². The lowest BCUT2D eigenvalue weighted by Gasteiger charge is -2.32. The molecule has 0 spiro atoms. The van der Waals surface area contributed by atoms with Gasteiger partial charge in [0.05, 0.1) is 7.11 Å². The van der Waals surface area contributed by atoms with Crippen LogP contribution in [0.1, 0.15) is 62.6 Å². The average molecular weight is 493 g/mol. The van der Waals surface area contributed by atoms with Gasteiger partial charge in [0, 0.05) is 24.2 Å². The third-order valence-electron chi connectivity index (χ3n) is 6.19. The molecule has 7 heteroatoms. The standard InChI is InChI=1S/C27H40N2O4.ClH/c1-6-10-20-18-24-21(22(11-7-2)26(20)31)13-15-25(30)29(24)17-9-8-16-28-23(27(32)33-5)14-12-19(3)4;/h6-7,18-19,23,28,31H,1-2,8-17H2,3-5H3;1H. The maximum atomic E-state index is 12.8. The molecule has 0 fully saturated rings. The van der Waals surface area contributed by atoms with E-state index in [9.17, 15) is 14.7 Å². The van der Waals surface area contributed by atoms with Crippen molar-refractivity contribution in [1.82, 2.24) is 5.32 Å². The maximum Gasteiger partial charge on any atom is 0.322 e. The molecule has 1 aromatic rings. The monoisotopic (exact) mass is 492 g/mol. The van der Waals surface area contributed by atoms with Gasteiger partial charge in [0.2, 0.25) is 5.91 Å². The van der Waals surface area contributed by atoms with E-state index in [0.717, 1.165) is 48.1 Å². The molecule has 1 aliphatic heterocycles. The zero-order valence-corrected chi connectivity index (χ0v) is 21.7. The number of rotatable bonds is 14. The summed E-state index contributed by atoms with van der Waals surface area (Å²) in [5.41, 5.74) is 3.59. The Hall–Kier alpha value is -2.31. The minimum absolute atomic E-state index is 0. The van der Waals surface area contributed by atoms with Crippen LogP contribution in [-0.4, -0.2) is 43.2 Å². The highest BCUT2D eigenvalue weighted by atomic mass is 35.5. The molecule has 1 aromatic carbocycles. The molecule has 2 rings (SSSR count). The largest absolute Gasteiger partial charge is 0.507 e. The maximum absolute atomic E-state index is 12.8. The summed E-state index contributed by atoms with van der Waals surface area (Å²) < 4.78 is 4.93. The molecular weight excluding hydrogens is 452 g/mol. The molecule has 1 aliphatic rings. The summed E-state index contributed by atoms with van der Waals surface area (Å²) in [6.45, 7) is 13.2. The van der Waals surface area contributed by atoms with Gasteiger partial charge in [-0.3, -0.25) is 9.59 Å². The fourth-order valence-electron chi connectivity index (χ4n) is 4.37. The lowest BCUT2D eigenvalue weighted by atomic mass is 9.90. The van der Waals surface area contributed by atoms with Crippen LogP contribution >= 0.6 is 12.4 Å². The number of unbranched alkanes of at least 4 members (excludes halogenated alkanes) is 1. The molecule has 1 amide bonds. The number of phenols is 1. The number of esters is 1. The minimum atomic E-state index is -0.291. The van der Waals surface area contributed by atoms with E-state index in [4.69, 9.17) is 4.74 Å². The number of fused-ring (bicyclic) bond motifs is 1. The van der Waals surface area contributed by atoms with Gasteiger partial charge in [-0.05, 0) is 74.6 Å². The summed E-state index contributed by atoms with van der Waals surface area (Å²) in [4.78, 5) is 26.7. The van der Waals surface area contributed by atoms with Crippen LogP contribution in [0.25, 0.3) is 0 Å². The fraction of sp³-hybridized carbons (Fsp3) is 0.556. The second-order valence-corrected chi connectivity index (χ2v) is 9.10. The van der Waals surface area contributed by atoms with Gasteiger partial charge in [0.1, 0.15) is 11.8 Å². The van der Waals surface area contributed by atoms with Gasteiger partial charge in [0.15, 0.2) is 0 Å². The van der Waals surface area contributed by atoms with Crippen molar-refractivity contribution in [2.75, 3.05) is 25.1 Å². The number of carbonyl (C=O) groups excluding carboxylic acids is 2. The van der Waals surface area contributed by atoms with E-state index in [1.807, 2.05) is 11.0 Å². The van der Waals surface area contributed by atoms with E-state index in [1.165, 1.54) is 7.11 Å².